The summed E-state index contributed by atoms with van der Waals surface area (Å²) in [5, 5.41) is 24.8. The molecule has 0 spiro atoms. The lowest BCUT2D eigenvalue weighted by Gasteiger charge is -2.21. The minimum atomic E-state index is -4.05. The largest absolute Gasteiger partial charge is 0.481 e. The van der Waals surface area contributed by atoms with E-state index >= 15 is 0 Å². The number of aliphatic carboxylic acids is 1. The molecule has 1 rings (SSSR count). The van der Waals surface area contributed by atoms with Crippen LogP contribution in [0.3, 0.4) is 0 Å². The molecule has 0 amide bonds. The molecule has 0 radical (unpaired) electrons. The van der Waals surface area contributed by atoms with Crippen molar-refractivity contribution in [2.75, 3.05) is 18.5 Å². The Kier molecular flexibility index (Phi) is 4.86. The standard InChI is InChI=1S/C11H15N3O6S/c1-7(11(15)16)6-13(2)9-4-3-8(21(12,19)20)5-10(9)14(17)18/h3-5,7H,6H2,1-2H3,(H,15,16)(H2,12,19,20). The number of nitrogens with zero attached hydrogens (tertiary/aromatic N) is 2. The average Bonchev–Trinajstić information content (AvgIpc) is 2.36. The Hall–Kier alpha value is -2.20. The fourth-order valence-corrected chi connectivity index (χ4v) is 2.27. The van der Waals surface area contributed by atoms with Crippen molar-refractivity contribution in [1.29, 1.82) is 0 Å². The number of carboxylic acids is 1. The van der Waals surface area contributed by atoms with Crippen LogP contribution in [0.5, 0.6) is 0 Å². The van der Waals surface area contributed by atoms with Crippen LogP contribution in [0.25, 0.3) is 0 Å². The Bertz CT molecular complexity index is 673. The van der Waals surface area contributed by atoms with E-state index in [2.05, 4.69) is 0 Å². The van der Waals surface area contributed by atoms with Gasteiger partial charge in [-0.15, -0.1) is 0 Å². The van der Waals surface area contributed by atoms with Crippen LogP contribution in [0.15, 0.2) is 23.1 Å². The molecule has 0 aliphatic heterocycles. The highest BCUT2D eigenvalue weighted by Crippen LogP contribution is 2.30. The van der Waals surface area contributed by atoms with Crippen LogP contribution < -0.4 is 10.0 Å². The Morgan fingerprint density at radius 3 is 2.52 bits per heavy atom. The van der Waals surface area contributed by atoms with Crippen molar-refractivity contribution in [3.8, 4) is 0 Å². The number of carbonyl (C=O) groups is 1. The number of hydrogen-bond acceptors (Lipinski definition) is 6. The van der Waals surface area contributed by atoms with Crippen molar-refractivity contribution in [2.45, 2.75) is 11.8 Å². The summed E-state index contributed by atoms with van der Waals surface area (Å²) in [6, 6.07) is 3.22. The highest BCUT2D eigenvalue weighted by atomic mass is 32.2. The molecular weight excluding hydrogens is 302 g/mol. The zero-order chi connectivity index (χ0) is 16.4. The van der Waals surface area contributed by atoms with Gasteiger partial charge in [-0.05, 0) is 12.1 Å². The van der Waals surface area contributed by atoms with E-state index in [1.54, 1.807) is 0 Å². The second-order valence-electron chi connectivity index (χ2n) is 4.57. The average molecular weight is 317 g/mol. The maximum Gasteiger partial charge on any atom is 0.308 e. The van der Waals surface area contributed by atoms with Crippen LogP contribution in [0, 0.1) is 16.0 Å². The molecule has 21 heavy (non-hydrogen) atoms. The van der Waals surface area contributed by atoms with Crippen LogP contribution in [0.4, 0.5) is 11.4 Å². The van der Waals surface area contributed by atoms with Crippen LogP contribution in [0.2, 0.25) is 0 Å². The summed E-state index contributed by atoms with van der Waals surface area (Å²) in [6.07, 6.45) is 0. The monoisotopic (exact) mass is 317 g/mol. The molecule has 0 saturated heterocycles. The van der Waals surface area contributed by atoms with Gasteiger partial charge in [0, 0.05) is 19.7 Å². The normalized spacial score (nSPS) is 12.7. The summed E-state index contributed by atoms with van der Waals surface area (Å²) >= 11 is 0. The van der Waals surface area contributed by atoms with Crippen molar-refractivity contribution in [3.63, 3.8) is 0 Å². The second-order valence-corrected chi connectivity index (χ2v) is 6.13. The third-order valence-corrected chi connectivity index (χ3v) is 3.76. The molecule has 0 aromatic heterocycles. The Labute approximate surface area is 121 Å². The summed E-state index contributed by atoms with van der Waals surface area (Å²) < 4.78 is 22.4. The molecule has 1 atom stereocenters. The molecule has 10 heteroatoms. The van der Waals surface area contributed by atoms with Gasteiger partial charge in [-0.2, -0.15) is 0 Å². The van der Waals surface area contributed by atoms with Gasteiger partial charge in [-0.25, -0.2) is 13.6 Å². The maximum absolute atomic E-state index is 11.2. The van der Waals surface area contributed by atoms with Crippen molar-refractivity contribution >= 4 is 27.4 Å². The molecule has 0 heterocycles. The zero-order valence-corrected chi connectivity index (χ0v) is 12.2. The highest BCUT2D eigenvalue weighted by molar-refractivity contribution is 7.89. The lowest BCUT2D eigenvalue weighted by molar-refractivity contribution is -0.384. The summed E-state index contributed by atoms with van der Waals surface area (Å²) in [5.74, 6) is -1.78. The number of nitro benzene ring substituents is 1. The van der Waals surface area contributed by atoms with Gasteiger partial charge in [0.25, 0.3) is 5.69 Å². The minimum absolute atomic E-state index is 0.0326. The van der Waals surface area contributed by atoms with E-state index in [-0.39, 0.29) is 17.1 Å². The Morgan fingerprint density at radius 2 is 2.10 bits per heavy atom. The summed E-state index contributed by atoms with van der Waals surface area (Å²) in [6.45, 7) is 1.49. The minimum Gasteiger partial charge on any atom is -0.481 e. The maximum atomic E-state index is 11.2. The molecule has 3 N–H and O–H groups in total. The predicted octanol–water partition coefficient (Wildman–Crippen LogP) is 0.399. The Balaban J connectivity index is 3.24. The number of sulfonamides is 1. The third kappa shape index (κ3) is 4.13. The molecule has 0 aliphatic carbocycles. The summed E-state index contributed by atoms with van der Waals surface area (Å²) in [5.41, 5.74) is -0.345. The van der Waals surface area contributed by atoms with Crippen molar-refractivity contribution < 1.29 is 23.2 Å². The molecule has 0 saturated carbocycles. The smallest absolute Gasteiger partial charge is 0.308 e. The van der Waals surface area contributed by atoms with E-state index in [1.807, 2.05) is 0 Å². The first-order chi connectivity index (χ1) is 9.54. The van der Waals surface area contributed by atoms with Gasteiger partial charge >= 0.3 is 5.97 Å². The van der Waals surface area contributed by atoms with Gasteiger partial charge in [0.2, 0.25) is 10.0 Å². The number of nitro groups is 1. The predicted molar refractivity (Wildman–Crippen MR) is 74.5 cm³/mol. The molecule has 0 fully saturated rings. The van der Waals surface area contributed by atoms with Gasteiger partial charge in [-0.1, -0.05) is 6.92 Å². The highest BCUT2D eigenvalue weighted by Gasteiger charge is 2.23. The number of primary sulfonamides is 1. The van der Waals surface area contributed by atoms with E-state index in [9.17, 15) is 23.3 Å². The summed E-state index contributed by atoms with van der Waals surface area (Å²) in [4.78, 5) is 22.1. The van der Waals surface area contributed by atoms with Gasteiger partial charge in [0.1, 0.15) is 5.69 Å². The molecule has 116 valence electrons. The molecule has 0 bridgehead atoms. The number of anilines is 1. The first-order valence-corrected chi connectivity index (χ1v) is 7.34. The number of benzene rings is 1. The van der Waals surface area contributed by atoms with Gasteiger partial charge < -0.3 is 10.0 Å². The number of carboxylic acid groups (broad SMARTS) is 1. The lowest BCUT2D eigenvalue weighted by atomic mass is 10.1. The van der Waals surface area contributed by atoms with Crippen molar-refractivity contribution in [3.05, 3.63) is 28.3 Å². The zero-order valence-electron chi connectivity index (χ0n) is 11.4. The van der Waals surface area contributed by atoms with Crippen LogP contribution in [-0.4, -0.2) is 38.0 Å². The quantitative estimate of drug-likeness (QED) is 0.570. The third-order valence-electron chi connectivity index (χ3n) is 2.85. The SMILES string of the molecule is CC(CN(C)c1ccc(S(N)(=O)=O)cc1[N+](=O)[O-])C(=O)O. The fraction of sp³-hybridized carbons (Fsp3) is 0.364. The van der Waals surface area contributed by atoms with Crippen LogP contribution in [-0.2, 0) is 14.8 Å². The number of nitrogens with two attached hydrogens (primary N) is 1. The first-order valence-electron chi connectivity index (χ1n) is 5.79. The van der Waals surface area contributed by atoms with Crippen molar-refractivity contribution in [2.24, 2.45) is 11.1 Å². The first kappa shape index (κ1) is 16.9. The number of rotatable bonds is 6. The fourth-order valence-electron chi connectivity index (χ4n) is 1.74. The van der Waals surface area contributed by atoms with Gasteiger partial charge in [-0.3, -0.25) is 14.9 Å². The van der Waals surface area contributed by atoms with Gasteiger partial charge in [0.05, 0.1) is 15.7 Å². The van der Waals surface area contributed by atoms with Gasteiger partial charge in [0.15, 0.2) is 0 Å². The molecule has 1 unspecified atom stereocenters. The molecule has 9 nitrogen and oxygen atoms in total. The molecule has 0 aliphatic rings. The van der Waals surface area contributed by atoms with E-state index in [0.717, 1.165) is 12.1 Å². The molecular formula is C11H15N3O6S. The van der Waals surface area contributed by atoms with Crippen molar-refractivity contribution in [1.82, 2.24) is 0 Å². The summed E-state index contributed by atoms with van der Waals surface area (Å²) in [7, 11) is -2.57. The van der Waals surface area contributed by atoms with E-state index in [0.29, 0.717) is 0 Å². The second kappa shape index (κ2) is 6.06. The topological polar surface area (TPSA) is 144 Å². The van der Waals surface area contributed by atoms with E-state index < -0.39 is 32.5 Å². The molecule has 1 aromatic carbocycles. The Morgan fingerprint density at radius 1 is 1.52 bits per heavy atom. The van der Waals surface area contributed by atoms with E-state index in [1.165, 1.54) is 24.9 Å². The lowest BCUT2D eigenvalue weighted by Crippen LogP contribution is -2.29. The number of hydrogen-bond donors (Lipinski definition) is 2. The molecule has 1 aromatic rings. The van der Waals surface area contributed by atoms with E-state index in [4.69, 9.17) is 10.2 Å². The van der Waals surface area contributed by atoms with Crippen LogP contribution >= 0.6 is 0 Å². The van der Waals surface area contributed by atoms with Crippen LogP contribution in [0.1, 0.15) is 6.92 Å².